The van der Waals surface area contributed by atoms with Gasteiger partial charge in [-0.1, -0.05) is 0 Å². The minimum Gasteiger partial charge on any atom is -0.508 e. The monoisotopic (exact) mass is 1280 g/mol. The van der Waals surface area contributed by atoms with E-state index < -0.39 is 11.0 Å². The van der Waals surface area contributed by atoms with E-state index >= 15 is 0 Å². The number of phenolic OH excluding ortho intramolecular Hbond substituents is 7. The number of nitrogens with one attached hydrogen (secondary N) is 2. The molecule has 0 atom stereocenters. The maximum Gasteiger partial charge on any atom is 0.262 e. The van der Waals surface area contributed by atoms with Crippen molar-refractivity contribution in [2.24, 2.45) is 0 Å². The zero-order chi connectivity index (χ0) is 67.0. The fourth-order valence-corrected chi connectivity index (χ4v) is 9.23. The fourth-order valence-electron chi connectivity index (χ4n) is 9.23. The highest BCUT2D eigenvalue weighted by atomic mass is 16.4. The molecule has 15 rings (SSSR count). The lowest BCUT2D eigenvalue weighted by Crippen LogP contribution is -2.14. The summed E-state index contributed by atoms with van der Waals surface area (Å²) in [7, 11) is 0. The van der Waals surface area contributed by atoms with Crippen molar-refractivity contribution in [3.05, 3.63) is 285 Å². The molecule has 15 aromatic rings. The van der Waals surface area contributed by atoms with Gasteiger partial charge in [0, 0.05) is 108 Å². The minimum absolute atomic E-state index is 0.00466. The van der Waals surface area contributed by atoms with Crippen LogP contribution in [0.25, 0.3) is 111 Å². The zero-order valence-electron chi connectivity index (χ0n) is 48.5. The van der Waals surface area contributed by atoms with Crippen molar-refractivity contribution in [2.75, 3.05) is 0 Å². The van der Waals surface area contributed by atoms with Crippen LogP contribution in [0, 0.1) is 0 Å². The van der Waals surface area contributed by atoms with Gasteiger partial charge in [-0.15, -0.1) is 0 Å². The van der Waals surface area contributed by atoms with E-state index in [1.54, 1.807) is 54.6 Å². The van der Waals surface area contributed by atoms with Crippen LogP contribution >= 0.6 is 0 Å². The molecule has 0 fully saturated rings. The van der Waals surface area contributed by atoms with Gasteiger partial charge in [0.2, 0.25) is 0 Å². The van der Waals surface area contributed by atoms with E-state index in [-0.39, 0.29) is 107 Å². The first kappa shape index (κ1) is 62.5. The Morgan fingerprint density at radius 2 is 0.779 bits per heavy atom. The number of hydrogen-bond donors (Lipinski definition) is 10. The summed E-state index contributed by atoms with van der Waals surface area (Å²) in [4.78, 5) is 98.7. The van der Waals surface area contributed by atoms with Crippen molar-refractivity contribution in [3.8, 4) is 103 Å². The highest BCUT2D eigenvalue weighted by Crippen LogP contribution is 2.34. The van der Waals surface area contributed by atoms with Gasteiger partial charge in [-0.2, -0.15) is 0 Å². The lowest BCUT2D eigenvalue weighted by Gasteiger charge is -2.05. The van der Waals surface area contributed by atoms with E-state index in [4.69, 9.17) is 22.1 Å². The molecule has 5 aromatic carbocycles. The minimum atomic E-state index is -0.469. The standard InChI is InChI=1S/5C14H9NO4/c16-9-3-1-8(2-4-9)12-5-11(17)10-7-15-14(18)6-13(10)19-12;16-9-3-1-8(2-4-9)13-5-11(17)10-6-15-7-12(18)14(10)19-13;16-9-3-1-8(2-4-9)12-7-10(17)13-11(19-12)5-6-15-14(13)18;16-10-2-1-8(5-12(10)18)14-6-11(17)9-7-15-4-3-13(9)19-14;16-8-1-2-9(11(17)5-8)14-6-12(18)10-7-15-4-3-13(10)19-14/h1-7,16H,(H,15,18);1-7,16,18H;1-7,16H,(H,15,18);1-7,16,18H;1-7,16-17H. The second-order valence-electron chi connectivity index (χ2n) is 20.3. The van der Waals surface area contributed by atoms with Crippen LogP contribution < -0.4 is 38.3 Å². The summed E-state index contributed by atoms with van der Waals surface area (Å²) < 4.78 is 27.8. The number of hydrogen-bond acceptors (Lipinski definition) is 23. The highest BCUT2D eigenvalue weighted by molar-refractivity contribution is 5.84. The lowest BCUT2D eigenvalue weighted by molar-refractivity contribution is 0.404. The predicted molar refractivity (Wildman–Crippen MR) is 348 cm³/mol. The summed E-state index contributed by atoms with van der Waals surface area (Å²) in [6, 6.07) is 39.6. The second kappa shape index (κ2) is 26.9. The van der Waals surface area contributed by atoms with Crippen LogP contribution in [0.1, 0.15) is 0 Å². The number of benzene rings is 5. The SMILES string of the molecule is O=c1cc(-c2ccc(O)c(O)c2)oc2ccncc12.O=c1cc(-c2ccc(O)cc2)oc2c(O)cncc12.O=c1cc(-c2ccc(O)cc2)oc2cc[nH]c(=O)c12.O=c1cc(-c2ccc(O)cc2O)oc2ccncc12.O=c1cc2oc(-c3ccc(O)cc3)cc(=O)c2c[nH]1. The summed E-state index contributed by atoms with van der Waals surface area (Å²) in [6.45, 7) is 0. The molecule has 10 N–H and O–H groups in total. The molecule has 0 radical (unpaired) electrons. The van der Waals surface area contributed by atoms with Crippen LogP contribution in [0.4, 0.5) is 0 Å². The first-order valence-corrected chi connectivity index (χ1v) is 27.8. The van der Waals surface area contributed by atoms with Crippen LogP contribution in [0.5, 0.6) is 46.0 Å². The number of fused-ring (bicyclic) bond motifs is 5. The number of aromatic hydroxyl groups is 8. The summed E-state index contributed by atoms with van der Waals surface area (Å²) in [5.41, 5.74) is 2.00. The smallest absolute Gasteiger partial charge is 0.262 e. The molecule has 470 valence electrons. The van der Waals surface area contributed by atoms with Gasteiger partial charge >= 0.3 is 0 Å². The van der Waals surface area contributed by atoms with Crippen LogP contribution in [0.3, 0.4) is 0 Å². The van der Waals surface area contributed by atoms with Crippen molar-refractivity contribution in [3.63, 3.8) is 0 Å². The van der Waals surface area contributed by atoms with Gasteiger partial charge in [-0.25, -0.2) is 0 Å². The van der Waals surface area contributed by atoms with E-state index in [0.29, 0.717) is 78.2 Å². The molecule has 10 aromatic heterocycles. The first-order chi connectivity index (χ1) is 45.7. The number of aromatic nitrogens is 5. The second-order valence-corrected chi connectivity index (χ2v) is 20.3. The number of rotatable bonds is 5. The Bertz CT molecular complexity index is 5790. The average Bonchev–Trinajstić information content (AvgIpc) is 0.878. The van der Waals surface area contributed by atoms with Gasteiger partial charge in [0.1, 0.15) is 85.3 Å². The third-order valence-corrected chi connectivity index (χ3v) is 13.9. The molecule has 25 nitrogen and oxygen atoms in total. The zero-order valence-corrected chi connectivity index (χ0v) is 48.5. The summed E-state index contributed by atoms with van der Waals surface area (Å²) in [5.74, 6) is 1.06. The summed E-state index contributed by atoms with van der Waals surface area (Å²) >= 11 is 0. The maximum atomic E-state index is 11.9. The Morgan fingerprint density at radius 3 is 1.35 bits per heavy atom. The van der Waals surface area contributed by atoms with Crippen molar-refractivity contribution in [2.45, 2.75) is 0 Å². The fraction of sp³-hybridized carbons (Fsp3) is 0. The molecule has 0 bridgehead atoms. The normalized spacial score (nSPS) is 10.7. The molecule has 0 aliphatic carbocycles. The summed E-state index contributed by atoms with van der Waals surface area (Å²) in [6.07, 6.45) is 11.3. The van der Waals surface area contributed by atoms with Crippen molar-refractivity contribution in [1.29, 1.82) is 0 Å². The molecule has 25 heteroatoms. The van der Waals surface area contributed by atoms with Gasteiger partial charge in [0.25, 0.3) is 11.1 Å². The number of aromatic amines is 2. The van der Waals surface area contributed by atoms with E-state index in [1.165, 1.54) is 159 Å². The topological polar surface area (TPSA) is 417 Å². The van der Waals surface area contributed by atoms with Gasteiger partial charge in [-0.3, -0.25) is 48.5 Å². The Balaban J connectivity index is 0.000000121. The molecule has 95 heavy (non-hydrogen) atoms. The molecule has 0 aliphatic heterocycles. The number of nitrogens with zero attached hydrogens (tertiary/aromatic N) is 3. The Labute approximate surface area is 528 Å². The van der Waals surface area contributed by atoms with Gasteiger partial charge < -0.3 is 72.9 Å². The third-order valence-electron chi connectivity index (χ3n) is 13.9. The maximum absolute atomic E-state index is 11.9. The molecular formula is C70H45N5O20. The molecule has 0 amide bonds. The molecule has 0 saturated heterocycles. The molecule has 0 unspecified atom stereocenters. The molecular weight excluding hydrogens is 1230 g/mol. The van der Waals surface area contributed by atoms with E-state index in [0.717, 1.165) is 0 Å². The molecule has 0 aliphatic rings. The van der Waals surface area contributed by atoms with Gasteiger partial charge in [-0.05, 0) is 121 Å². The van der Waals surface area contributed by atoms with Crippen LogP contribution in [0.2, 0.25) is 0 Å². The van der Waals surface area contributed by atoms with Crippen LogP contribution in [-0.2, 0) is 0 Å². The number of pyridine rings is 5. The molecule has 0 saturated carbocycles. The molecule has 10 heterocycles. The first-order valence-electron chi connectivity index (χ1n) is 27.8. The highest BCUT2D eigenvalue weighted by Gasteiger charge is 2.15. The van der Waals surface area contributed by atoms with E-state index in [1.807, 2.05) is 0 Å². The van der Waals surface area contributed by atoms with Gasteiger partial charge in [0.05, 0.1) is 33.3 Å². The van der Waals surface area contributed by atoms with Crippen LogP contribution in [0.15, 0.2) is 269 Å². The average molecular weight is 1280 g/mol. The van der Waals surface area contributed by atoms with Gasteiger partial charge in [0.15, 0.2) is 50.0 Å². The third kappa shape index (κ3) is 14.2. The quantitative estimate of drug-likeness (QED) is 0.0716. The Hall–Kier alpha value is -14.1. The Morgan fingerprint density at radius 1 is 0.316 bits per heavy atom. The summed E-state index contributed by atoms with van der Waals surface area (Å²) in [5, 5.41) is 76.4. The largest absolute Gasteiger partial charge is 0.508 e. The van der Waals surface area contributed by atoms with Crippen molar-refractivity contribution < 1.29 is 62.9 Å². The Kier molecular flexibility index (Phi) is 17.7. The van der Waals surface area contributed by atoms with Crippen molar-refractivity contribution >= 4 is 54.8 Å². The molecule has 0 spiro atoms. The lowest BCUT2D eigenvalue weighted by atomic mass is 10.1. The number of phenols is 7. The van der Waals surface area contributed by atoms with Crippen LogP contribution in [-0.4, -0.2) is 65.8 Å². The van der Waals surface area contributed by atoms with E-state index in [2.05, 4.69) is 24.9 Å². The predicted octanol–water partition coefficient (Wildman–Crippen LogP) is 10.5. The van der Waals surface area contributed by atoms with Crippen molar-refractivity contribution in [1.82, 2.24) is 24.9 Å². The van der Waals surface area contributed by atoms with E-state index in [9.17, 15) is 74.4 Å². The number of H-pyrrole nitrogens is 2.